The largest absolute Gasteiger partial charge is 0.416 e. The molecule has 4 aromatic carbocycles. The van der Waals surface area contributed by atoms with Crippen LogP contribution in [-0.4, -0.2) is 60.2 Å². The van der Waals surface area contributed by atoms with Crippen molar-refractivity contribution in [2.75, 3.05) is 19.8 Å². The van der Waals surface area contributed by atoms with E-state index in [4.69, 9.17) is 9.47 Å². The molecule has 12 nitrogen and oxygen atoms in total. The number of aromatic amines is 2. The maximum atomic E-state index is 13.4. The first-order chi connectivity index (χ1) is 36.0. The van der Waals surface area contributed by atoms with Crippen molar-refractivity contribution in [2.24, 2.45) is 0 Å². The fraction of sp³-hybridized carbons (Fsp3) is 0.463. The molecule has 78 heavy (non-hydrogen) atoms. The number of ether oxygens (including phenoxy) is 2. The van der Waals surface area contributed by atoms with E-state index in [9.17, 15) is 72.2 Å². The van der Waals surface area contributed by atoms with E-state index in [1.165, 1.54) is 42.6 Å². The minimum absolute atomic E-state index is 0. The highest BCUT2D eigenvalue weighted by Crippen LogP contribution is 2.49. The monoisotopic (exact) mass is 1110 g/mol. The average molecular weight is 1120 g/mol. The number of halogens is 12. The Morgan fingerprint density at radius 1 is 0.564 bits per heavy atom. The lowest BCUT2D eigenvalue weighted by Crippen LogP contribution is -2.51. The van der Waals surface area contributed by atoms with E-state index < -0.39 is 92.5 Å². The summed E-state index contributed by atoms with van der Waals surface area (Å²) in [7, 11) is 0. The van der Waals surface area contributed by atoms with Crippen LogP contribution in [0.5, 0.6) is 0 Å². The minimum Gasteiger partial charge on any atom is -0.394 e. The molecular weight excluding hydrogens is 1060 g/mol. The number of benzene rings is 4. The SMILES string of the molecule is C.CC(=O)C1(n2cn[nH]c2=O)CCC(CO[C@H](C)c2cc(C(F)(F)F)cc(C(F)(F)F)c2)(c2ccccc2)CC1.C[C@@H](OCC1(c2ccccc2)CCC(CO)(n2cn[nH]c2=O)CC1)c1cc(C(F)(F)F)cc(C(F)(F)F)c1. The number of aromatic nitrogens is 6. The lowest BCUT2D eigenvalue weighted by Gasteiger charge is -2.46. The van der Waals surface area contributed by atoms with Crippen molar-refractivity contribution < 1.29 is 72.1 Å². The molecular formula is C54H58F12N6O6. The summed E-state index contributed by atoms with van der Waals surface area (Å²) >= 11 is 0. The van der Waals surface area contributed by atoms with Crippen molar-refractivity contribution in [3.05, 3.63) is 175 Å². The first kappa shape index (κ1) is 60.7. The smallest absolute Gasteiger partial charge is 0.394 e. The second kappa shape index (κ2) is 23.0. The Kier molecular flexibility index (Phi) is 17.9. The van der Waals surface area contributed by atoms with Crippen molar-refractivity contribution in [3.63, 3.8) is 0 Å². The standard InChI is InChI=1S/C27H27F6N3O3.C26H27F6N3O3.CH4/c1-17(19-12-21(26(28,29)30)14-22(13-19)27(31,32)33)39-15-24(20-6-4-3-5-7-20)8-10-25(11-9-24,18(2)37)36-16-34-35-23(36)38;1-17(18-11-20(25(27,28)29)13-21(12-18)26(30,31)32)38-15-23(19-5-3-2-4-6-19)7-9-24(14-36,10-8-23)35-16-33-34-22(35)37;/h3-7,12-14,16-17H,8-11,15H2,1-2H3,(H,35,38);2-6,11-13,16-17,36H,7-10,14-15H2,1H3,(H,34,37);1H4/t17-,24?,25?;17-,23?,24?;/m11./s1. The van der Waals surface area contributed by atoms with Crippen LogP contribution in [0.1, 0.15) is 136 Å². The molecule has 2 heterocycles. The topological polar surface area (TPSA) is 157 Å². The van der Waals surface area contributed by atoms with Crippen LogP contribution in [-0.2, 0) is 60.9 Å². The van der Waals surface area contributed by atoms with E-state index in [0.29, 0.717) is 62.8 Å². The zero-order valence-corrected chi connectivity index (χ0v) is 41.6. The molecule has 0 saturated heterocycles. The number of nitrogens with one attached hydrogen (secondary N) is 2. The molecule has 2 aliphatic rings. The maximum Gasteiger partial charge on any atom is 0.416 e. The van der Waals surface area contributed by atoms with Gasteiger partial charge in [0.25, 0.3) is 0 Å². The molecule has 0 amide bonds. The van der Waals surface area contributed by atoms with Crippen molar-refractivity contribution >= 4 is 5.78 Å². The number of ketones is 1. The predicted molar refractivity (Wildman–Crippen MR) is 261 cm³/mol. The molecule has 0 aliphatic heterocycles. The molecule has 24 heteroatoms. The highest BCUT2D eigenvalue weighted by atomic mass is 19.4. The summed E-state index contributed by atoms with van der Waals surface area (Å²) in [4.78, 5) is 37.3. The fourth-order valence-corrected chi connectivity index (χ4v) is 10.5. The third kappa shape index (κ3) is 13.0. The summed E-state index contributed by atoms with van der Waals surface area (Å²) in [5, 5.41) is 22.4. The van der Waals surface area contributed by atoms with E-state index in [1.807, 2.05) is 60.7 Å². The summed E-state index contributed by atoms with van der Waals surface area (Å²) in [6.45, 7) is 3.91. The number of Topliss-reactive ketones (excluding diaryl/α,β-unsaturated/α-hetero) is 1. The summed E-state index contributed by atoms with van der Waals surface area (Å²) < 4.78 is 175. The summed E-state index contributed by atoms with van der Waals surface area (Å²) in [6, 6.07) is 21.3. The zero-order valence-electron chi connectivity index (χ0n) is 41.6. The molecule has 2 aliphatic carbocycles. The Hall–Kier alpha value is -6.53. The van der Waals surface area contributed by atoms with Gasteiger partial charge in [0.2, 0.25) is 0 Å². The number of aliphatic hydroxyl groups is 1. The Bertz CT molecular complexity index is 3010. The van der Waals surface area contributed by atoms with Gasteiger partial charge in [0, 0.05) is 10.8 Å². The molecule has 0 bridgehead atoms. The number of nitrogens with zero attached hydrogens (tertiary/aromatic N) is 4. The van der Waals surface area contributed by atoms with Gasteiger partial charge < -0.3 is 14.6 Å². The van der Waals surface area contributed by atoms with Crippen LogP contribution in [0.15, 0.2) is 119 Å². The number of hydrogen-bond donors (Lipinski definition) is 3. The molecule has 2 fully saturated rings. The minimum atomic E-state index is -4.97. The van der Waals surface area contributed by atoms with Crippen molar-refractivity contribution in [3.8, 4) is 0 Å². The number of aliphatic hydroxyl groups excluding tert-OH is 1. The molecule has 2 atom stereocenters. The van der Waals surface area contributed by atoms with Gasteiger partial charge in [-0.15, -0.1) is 0 Å². The van der Waals surface area contributed by atoms with E-state index in [0.717, 1.165) is 11.1 Å². The third-order valence-electron chi connectivity index (χ3n) is 15.3. The van der Waals surface area contributed by atoms with Crippen LogP contribution >= 0.6 is 0 Å². The number of alkyl halides is 12. The second-order valence-electron chi connectivity index (χ2n) is 19.9. The van der Waals surface area contributed by atoms with Gasteiger partial charge in [0.15, 0.2) is 5.78 Å². The Morgan fingerprint density at radius 2 is 0.897 bits per heavy atom. The maximum absolute atomic E-state index is 13.4. The Morgan fingerprint density at radius 3 is 1.19 bits per heavy atom. The van der Waals surface area contributed by atoms with Gasteiger partial charge >= 0.3 is 36.1 Å². The van der Waals surface area contributed by atoms with Gasteiger partial charge in [-0.05, 0) is 131 Å². The number of carbonyl (C=O) groups is 1. The summed E-state index contributed by atoms with van der Waals surface area (Å²) in [5.74, 6) is -0.217. The van der Waals surface area contributed by atoms with Crippen LogP contribution in [0.3, 0.4) is 0 Å². The van der Waals surface area contributed by atoms with E-state index in [2.05, 4.69) is 20.4 Å². The number of carbonyl (C=O) groups excluding carboxylic acids is 1. The zero-order chi connectivity index (χ0) is 56.4. The highest BCUT2D eigenvalue weighted by Gasteiger charge is 2.50. The fourth-order valence-electron chi connectivity index (χ4n) is 10.5. The van der Waals surface area contributed by atoms with Gasteiger partial charge in [-0.2, -0.15) is 62.9 Å². The quantitative estimate of drug-likeness (QED) is 0.0910. The van der Waals surface area contributed by atoms with Crippen molar-refractivity contribution in [2.45, 2.75) is 138 Å². The average Bonchev–Trinajstić information content (AvgIpc) is 4.13. The number of hydrogen-bond acceptors (Lipinski definition) is 8. The summed E-state index contributed by atoms with van der Waals surface area (Å²) in [6.07, 6.45) is -16.5. The van der Waals surface area contributed by atoms with Crippen molar-refractivity contribution in [1.82, 2.24) is 29.5 Å². The van der Waals surface area contributed by atoms with Crippen LogP contribution in [0, 0.1) is 0 Å². The molecule has 0 radical (unpaired) electrons. The third-order valence-corrected chi connectivity index (χ3v) is 15.3. The Labute approximate surface area is 439 Å². The first-order valence-electron chi connectivity index (χ1n) is 24.3. The van der Waals surface area contributed by atoms with Crippen molar-refractivity contribution in [1.29, 1.82) is 0 Å². The van der Waals surface area contributed by atoms with Gasteiger partial charge in [-0.3, -0.25) is 13.9 Å². The van der Waals surface area contributed by atoms with Gasteiger partial charge in [-0.1, -0.05) is 68.1 Å². The van der Waals surface area contributed by atoms with E-state index >= 15 is 0 Å². The van der Waals surface area contributed by atoms with E-state index in [-0.39, 0.29) is 69.1 Å². The highest BCUT2D eigenvalue weighted by molar-refractivity contribution is 5.84. The molecule has 3 N–H and O–H groups in total. The first-order valence-corrected chi connectivity index (χ1v) is 24.3. The molecule has 2 saturated carbocycles. The molecule has 2 aromatic heterocycles. The molecule has 0 unspecified atom stereocenters. The number of rotatable bonds is 14. The molecule has 6 aromatic rings. The van der Waals surface area contributed by atoms with Crippen LogP contribution in [0.25, 0.3) is 0 Å². The van der Waals surface area contributed by atoms with Crippen LogP contribution in [0.4, 0.5) is 52.7 Å². The lowest BCUT2D eigenvalue weighted by molar-refractivity contribution is -0.145. The normalized spacial score (nSPS) is 22.9. The Balaban J connectivity index is 0.000000249. The lowest BCUT2D eigenvalue weighted by atomic mass is 9.63. The molecule has 424 valence electrons. The predicted octanol–water partition coefficient (Wildman–Crippen LogP) is 12.4. The molecule has 8 rings (SSSR count). The summed E-state index contributed by atoms with van der Waals surface area (Å²) in [5.41, 5.74) is -8.69. The van der Waals surface area contributed by atoms with Gasteiger partial charge in [0.1, 0.15) is 18.2 Å². The van der Waals surface area contributed by atoms with Crippen LogP contribution in [0.2, 0.25) is 0 Å². The van der Waals surface area contributed by atoms with Gasteiger partial charge in [0.05, 0.1) is 59.8 Å². The second-order valence-corrected chi connectivity index (χ2v) is 19.9. The van der Waals surface area contributed by atoms with E-state index in [1.54, 1.807) is 0 Å². The van der Waals surface area contributed by atoms with Gasteiger partial charge in [-0.25, -0.2) is 19.8 Å². The molecule has 0 spiro atoms. The number of H-pyrrole nitrogens is 2. The van der Waals surface area contributed by atoms with Crippen LogP contribution < -0.4 is 11.4 Å².